The number of carbonyl (C=O) groups is 2. The van der Waals surface area contributed by atoms with E-state index in [1.165, 1.54) is 0 Å². The molecule has 1 rings (SSSR count). The molecule has 1 aliphatic heterocycles. The number of allylic oxidation sites excluding steroid dienone is 1. The van der Waals surface area contributed by atoms with E-state index in [1.807, 2.05) is 37.7 Å². The molecule has 1 saturated heterocycles. The minimum atomic E-state index is 0.0507. The lowest BCUT2D eigenvalue weighted by molar-refractivity contribution is -0.137. The van der Waals surface area contributed by atoms with Gasteiger partial charge in [0, 0.05) is 32.3 Å². The van der Waals surface area contributed by atoms with Crippen molar-refractivity contribution in [3.8, 4) is 0 Å². The molecule has 1 heterocycles. The summed E-state index contributed by atoms with van der Waals surface area (Å²) in [6.07, 6.45) is 1.65. The smallest absolute Gasteiger partial charge is 0.246 e. The first kappa shape index (κ1) is 14.7. The highest BCUT2D eigenvalue weighted by atomic mass is 16.2. The van der Waals surface area contributed by atoms with Crippen LogP contribution in [0.1, 0.15) is 13.8 Å². The van der Waals surface area contributed by atoms with Gasteiger partial charge in [0.2, 0.25) is 11.8 Å². The number of amides is 2. The van der Waals surface area contributed by atoms with Gasteiger partial charge in [-0.15, -0.1) is 0 Å². The Morgan fingerprint density at radius 3 is 2.00 bits per heavy atom. The number of nitrogens with zero attached hydrogens (tertiary/aromatic N) is 3. The fourth-order valence-corrected chi connectivity index (χ4v) is 1.88. The van der Waals surface area contributed by atoms with Crippen LogP contribution >= 0.6 is 0 Å². The van der Waals surface area contributed by atoms with E-state index < -0.39 is 0 Å². The monoisotopic (exact) mass is 253 g/mol. The van der Waals surface area contributed by atoms with Crippen LogP contribution in [0, 0.1) is 0 Å². The third-order valence-corrected chi connectivity index (χ3v) is 2.81. The zero-order valence-corrected chi connectivity index (χ0v) is 11.8. The Morgan fingerprint density at radius 1 is 1.06 bits per heavy atom. The lowest BCUT2D eigenvalue weighted by Crippen LogP contribution is -2.51. The van der Waals surface area contributed by atoms with Crippen LogP contribution in [-0.2, 0) is 9.59 Å². The number of piperazine rings is 1. The predicted molar refractivity (Wildman–Crippen MR) is 71.1 cm³/mol. The molecule has 0 bridgehead atoms. The van der Waals surface area contributed by atoms with E-state index in [-0.39, 0.29) is 11.8 Å². The molecule has 2 amide bonds. The molecule has 0 aliphatic carbocycles. The molecular formula is C13H23N3O2. The molecule has 0 aromatic heterocycles. The van der Waals surface area contributed by atoms with Crippen LogP contribution < -0.4 is 0 Å². The molecule has 0 aromatic rings. The summed E-state index contributed by atoms with van der Waals surface area (Å²) in [4.78, 5) is 29.1. The van der Waals surface area contributed by atoms with Gasteiger partial charge in [-0.3, -0.25) is 9.59 Å². The van der Waals surface area contributed by atoms with Crippen molar-refractivity contribution in [3.63, 3.8) is 0 Å². The summed E-state index contributed by atoms with van der Waals surface area (Å²) in [7, 11) is 3.76. The highest BCUT2D eigenvalue weighted by molar-refractivity contribution is 5.88. The van der Waals surface area contributed by atoms with E-state index in [9.17, 15) is 9.59 Å². The molecule has 102 valence electrons. The summed E-state index contributed by atoms with van der Waals surface area (Å²) >= 11 is 0. The van der Waals surface area contributed by atoms with Gasteiger partial charge >= 0.3 is 0 Å². The summed E-state index contributed by atoms with van der Waals surface area (Å²) in [5.74, 6) is 0.184. The maximum Gasteiger partial charge on any atom is 0.246 e. The minimum Gasteiger partial charge on any atom is -0.338 e. The van der Waals surface area contributed by atoms with E-state index in [1.54, 1.807) is 11.0 Å². The van der Waals surface area contributed by atoms with Crippen LogP contribution in [0.4, 0.5) is 0 Å². The lowest BCUT2D eigenvalue weighted by Gasteiger charge is -2.34. The second kappa shape index (κ2) is 6.54. The number of hydrogen-bond donors (Lipinski definition) is 0. The van der Waals surface area contributed by atoms with Gasteiger partial charge in [-0.1, -0.05) is 5.57 Å². The third kappa shape index (κ3) is 4.49. The SMILES string of the molecule is CC(C)=CC(=O)N1CCN(C(=O)CN(C)C)CC1. The first-order valence-electron chi connectivity index (χ1n) is 6.26. The number of likely N-dealkylation sites (N-methyl/N-ethyl adjacent to an activating group) is 1. The first-order valence-corrected chi connectivity index (χ1v) is 6.26. The van der Waals surface area contributed by atoms with Crippen LogP contribution in [0.25, 0.3) is 0 Å². The van der Waals surface area contributed by atoms with Crippen LogP contribution in [-0.4, -0.2) is 73.3 Å². The molecule has 0 saturated carbocycles. The lowest BCUT2D eigenvalue weighted by atomic mass is 10.2. The molecular weight excluding hydrogens is 230 g/mol. The Bertz CT molecular complexity index is 338. The van der Waals surface area contributed by atoms with E-state index in [0.717, 1.165) is 5.57 Å². The minimum absolute atomic E-state index is 0.0507. The van der Waals surface area contributed by atoms with Gasteiger partial charge in [0.15, 0.2) is 0 Å². The molecule has 0 atom stereocenters. The van der Waals surface area contributed by atoms with Crippen molar-refractivity contribution in [3.05, 3.63) is 11.6 Å². The maximum absolute atomic E-state index is 11.8. The van der Waals surface area contributed by atoms with Crippen molar-refractivity contribution < 1.29 is 9.59 Å². The Hall–Kier alpha value is -1.36. The van der Waals surface area contributed by atoms with Crippen molar-refractivity contribution in [1.82, 2.24) is 14.7 Å². The topological polar surface area (TPSA) is 43.9 Å². The van der Waals surface area contributed by atoms with Crippen molar-refractivity contribution in [2.45, 2.75) is 13.8 Å². The number of hydrogen-bond acceptors (Lipinski definition) is 3. The van der Waals surface area contributed by atoms with E-state index in [2.05, 4.69) is 0 Å². The summed E-state index contributed by atoms with van der Waals surface area (Å²) in [6.45, 7) is 6.78. The molecule has 0 aromatic carbocycles. The predicted octanol–water partition coefficient (Wildman–Crippen LogP) is 0.185. The highest BCUT2D eigenvalue weighted by Gasteiger charge is 2.23. The third-order valence-electron chi connectivity index (χ3n) is 2.81. The van der Waals surface area contributed by atoms with Crippen molar-refractivity contribution in [2.24, 2.45) is 0 Å². The van der Waals surface area contributed by atoms with Crippen LogP contribution in [0.15, 0.2) is 11.6 Å². The van der Waals surface area contributed by atoms with Crippen molar-refractivity contribution in [2.75, 3.05) is 46.8 Å². The Morgan fingerprint density at radius 2 is 1.56 bits per heavy atom. The average molecular weight is 253 g/mol. The number of carbonyl (C=O) groups excluding carboxylic acids is 2. The van der Waals surface area contributed by atoms with E-state index >= 15 is 0 Å². The Kier molecular flexibility index (Phi) is 5.34. The Labute approximate surface area is 109 Å². The molecule has 1 aliphatic rings. The van der Waals surface area contributed by atoms with Gasteiger partial charge in [-0.25, -0.2) is 0 Å². The van der Waals surface area contributed by atoms with Gasteiger partial charge in [0.05, 0.1) is 6.54 Å². The van der Waals surface area contributed by atoms with Gasteiger partial charge in [0.1, 0.15) is 0 Å². The summed E-state index contributed by atoms with van der Waals surface area (Å²) < 4.78 is 0. The molecule has 5 nitrogen and oxygen atoms in total. The standard InChI is InChI=1S/C13H23N3O2/c1-11(2)9-12(17)15-5-7-16(8-6-15)13(18)10-14(3)4/h9H,5-8,10H2,1-4H3. The van der Waals surface area contributed by atoms with E-state index in [0.29, 0.717) is 32.7 Å². The largest absolute Gasteiger partial charge is 0.338 e. The summed E-state index contributed by atoms with van der Waals surface area (Å²) in [6, 6.07) is 0. The highest BCUT2D eigenvalue weighted by Crippen LogP contribution is 2.04. The normalized spacial score (nSPS) is 15.8. The number of rotatable bonds is 3. The average Bonchev–Trinajstić information content (AvgIpc) is 2.27. The fraction of sp³-hybridized carbons (Fsp3) is 0.692. The van der Waals surface area contributed by atoms with E-state index in [4.69, 9.17) is 0 Å². The molecule has 5 heteroatoms. The molecule has 0 N–H and O–H groups in total. The summed E-state index contributed by atoms with van der Waals surface area (Å²) in [5, 5.41) is 0. The zero-order valence-electron chi connectivity index (χ0n) is 11.8. The quantitative estimate of drug-likeness (QED) is 0.674. The summed E-state index contributed by atoms with van der Waals surface area (Å²) in [5.41, 5.74) is 1.01. The van der Waals surface area contributed by atoms with Gasteiger partial charge < -0.3 is 14.7 Å². The Balaban J connectivity index is 2.44. The molecule has 0 spiro atoms. The van der Waals surface area contributed by atoms with Gasteiger partial charge in [-0.05, 0) is 27.9 Å². The molecule has 18 heavy (non-hydrogen) atoms. The fourth-order valence-electron chi connectivity index (χ4n) is 1.88. The van der Waals surface area contributed by atoms with Crippen LogP contribution in [0.5, 0.6) is 0 Å². The van der Waals surface area contributed by atoms with Crippen molar-refractivity contribution >= 4 is 11.8 Å². The van der Waals surface area contributed by atoms with Gasteiger partial charge in [0.25, 0.3) is 0 Å². The van der Waals surface area contributed by atoms with Crippen molar-refractivity contribution in [1.29, 1.82) is 0 Å². The molecule has 1 fully saturated rings. The molecule has 0 unspecified atom stereocenters. The first-order chi connectivity index (χ1) is 8.40. The van der Waals surface area contributed by atoms with Gasteiger partial charge in [-0.2, -0.15) is 0 Å². The molecule has 0 radical (unpaired) electrons. The maximum atomic E-state index is 11.8. The second-order valence-corrected chi connectivity index (χ2v) is 5.17. The van der Waals surface area contributed by atoms with Crippen LogP contribution in [0.3, 0.4) is 0 Å². The zero-order chi connectivity index (χ0) is 13.7. The second-order valence-electron chi connectivity index (χ2n) is 5.17. The van der Waals surface area contributed by atoms with Crippen LogP contribution in [0.2, 0.25) is 0 Å².